The average molecular weight is 663 g/mol. The van der Waals surface area contributed by atoms with Crippen LogP contribution >= 0.6 is 47.1 Å². The lowest BCUT2D eigenvalue weighted by atomic mass is 10.00. The Morgan fingerprint density at radius 3 is 1.16 bits per heavy atom. The summed E-state index contributed by atoms with van der Waals surface area (Å²) in [5.41, 5.74) is 7.22. The monoisotopic (exact) mass is 662 g/mol. The van der Waals surface area contributed by atoms with Crippen LogP contribution < -0.4 is 9.47 Å². The van der Waals surface area contributed by atoms with Crippen LogP contribution in [-0.4, -0.2) is 10.1 Å². The van der Waals surface area contributed by atoms with Gasteiger partial charge in [-0.2, -0.15) is 0 Å². The van der Waals surface area contributed by atoms with E-state index in [1.807, 2.05) is 13.8 Å². The molecule has 0 unspecified atom stereocenters. The van der Waals surface area contributed by atoms with Crippen molar-refractivity contribution < 1.29 is 9.47 Å². The second kappa shape index (κ2) is 19.1. The molecule has 0 radical (unpaired) electrons. The lowest BCUT2D eigenvalue weighted by Crippen LogP contribution is -2.01. The summed E-state index contributed by atoms with van der Waals surface area (Å²) >= 11 is 13.9. The molecule has 0 aliphatic rings. The molecule has 44 heavy (non-hydrogen) atoms. The maximum absolute atomic E-state index is 6.01. The Morgan fingerprint density at radius 1 is 0.545 bits per heavy atom. The number of thiocarbonyl (C=S) groups is 2. The van der Waals surface area contributed by atoms with E-state index in [-0.39, 0.29) is 0 Å². The number of unbranched alkanes of at least 4 members (excludes halogenated alkanes) is 4. The average Bonchev–Trinajstić information content (AvgIpc) is 3.49. The first-order valence-electron chi connectivity index (χ1n) is 16.1. The molecular weight excluding hydrogens is 617 g/mol. The fourth-order valence-electron chi connectivity index (χ4n) is 4.92. The molecule has 3 rings (SSSR count). The quantitative estimate of drug-likeness (QED) is 0.126. The molecule has 0 atom stereocenters. The van der Waals surface area contributed by atoms with Gasteiger partial charge in [-0.1, -0.05) is 99.7 Å². The summed E-state index contributed by atoms with van der Waals surface area (Å²) < 4.78 is 12.0. The second-order valence-corrected chi connectivity index (χ2v) is 14.1. The summed E-state index contributed by atoms with van der Waals surface area (Å²) in [5.74, 6) is 13.8. The van der Waals surface area contributed by atoms with Gasteiger partial charge in [-0.3, -0.25) is 0 Å². The third kappa shape index (κ3) is 10.8. The van der Waals surface area contributed by atoms with Crippen LogP contribution in [0.15, 0.2) is 24.3 Å². The van der Waals surface area contributed by atoms with Crippen molar-refractivity contribution in [2.24, 2.45) is 0 Å². The van der Waals surface area contributed by atoms with Crippen molar-refractivity contribution in [3.8, 4) is 33.8 Å². The van der Waals surface area contributed by atoms with Crippen LogP contribution in [0.4, 0.5) is 0 Å². The van der Waals surface area contributed by atoms with E-state index in [0.29, 0.717) is 10.1 Å². The highest BCUT2D eigenvalue weighted by atomic mass is 32.1. The standard InChI is InChI=1S/C38H46O2S4/c1-7-11-15-31-33(17-13-9-3)37(39-27(5)41)43-35(31)25-23-29-19-21-30(22-20-29)24-26-36-32(16-12-8-2)34(18-14-10-4)38(44-36)40-28(6)42/h19-22H,7-18H2,1-6H3. The van der Waals surface area contributed by atoms with Gasteiger partial charge in [-0.15, -0.1) is 0 Å². The number of benzene rings is 1. The van der Waals surface area contributed by atoms with Crippen LogP contribution in [0.5, 0.6) is 10.1 Å². The molecule has 234 valence electrons. The lowest BCUT2D eigenvalue weighted by molar-refractivity contribution is 0.565. The zero-order valence-electron chi connectivity index (χ0n) is 27.2. The normalized spacial score (nSPS) is 10.5. The summed E-state index contributed by atoms with van der Waals surface area (Å²) in [6.45, 7) is 12.6. The molecule has 0 saturated carbocycles. The molecule has 0 amide bonds. The molecule has 0 aliphatic carbocycles. The van der Waals surface area contributed by atoms with Crippen LogP contribution in [0.25, 0.3) is 0 Å². The predicted octanol–water partition coefficient (Wildman–Crippen LogP) is 11.4. The molecule has 2 heterocycles. The molecule has 0 N–H and O–H groups in total. The maximum Gasteiger partial charge on any atom is 0.186 e. The van der Waals surface area contributed by atoms with E-state index in [2.05, 4.69) is 75.6 Å². The Morgan fingerprint density at radius 2 is 0.864 bits per heavy atom. The first kappa shape index (κ1) is 36.0. The number of thiophene rings is 2. The van der Waals surface area contributed by atoms with Gasteiger partial charge in [-0.05, 0) is 111 Å². The van der Waals surface area contributed by atoms with Gasteiger partial charge in [0.25, 0.3) is 0 Å². The van der Waals surface area contributed by atoms with E-state index in [0.717, 1.165) is 108 Å². The minimum absolute atomic E-state index is 0.553. The zero-order chi connectivity index (χ0) is 31.9. The van der Waals surface area contributed by atoms with Crippen molar-refractivity contribution in [1.29, 1.82) is 0 Å². The second-order valence-electron chi connectivity index (χ2n) is 11.0. The highest BCUT2D eigenvalue weighted by Gasteiger charge is 2.20. The first-order chi connectivity index (χ1) is 21.3. The molecule has 3 aromatic rings. The van der Waals surface area contributed by atoms with E-state index >= 15 is 0 Å². The predicted molar refractivity (Wildman–Crippen MR) is 199 cm³/mol. The van der Waals surface area contributed by atoms with Gasteiger partial charge >= 0.3 is 0 Å². The van der Waals surface area contributed by atoms with E-state index in [9.17, 15) is 0 Å². The lowest BCUT2D eigenvalue weighted by Gasteiger charge is -2.07. The van der Waals surface area contributed by atoms with Crippen molar-refractivity contribution in [1.82, 2.24) is 0 Å². The Bertz CT molecular complexity index is 1400. The Hall–Kier alpha value is -2.48. The fraction of sp³-hybridized carbons (Fsp3) is 0.474. The van der Waals surface area contributed by atoms with Gasteiger partial charge in [0.15, 0.2) is 20.2 Å². The third-order valence-corrected chi connectivity index (χ3v) is 9.58. The van der Waals surface area contributed by atoms with Crippen molar-refractivity contribution in [3.63, 3.8) is 0 Å². The van der Waals surface area contributed by atoms with Crippen LogP contribution in [0.3, 0.4) is 0 Å². The van der Waals surface area contributed by atoms with Gasteiger partial charge in [0.2, 0.25) is 0 Å². The molecule has 0 spiro atoms. The van der Waals surface area contributed by atoms with Gasteiger partial charge in [0.1, 0.15) is 0 Å². The van der Waals surface area contributed by atoms with Gasteiger partial charge in [-0.25, -0.2) is 0 Å². The first-order valence-corrected chi connectivity index (χ1v) is 18.6. The molecule has 0 saturated heterocycles. The summed E-state index contributed by atoms with van der Waals surface area (Å²) in [4.78, 5) is 2.20. The van der Waals surface area contributed by atoms with Gasteiger partial charge in [0.05, 0.1) is 9.75 Å². The summed E-state index contributed by atoms with van der Waals surface area (Å²) in [6.07, 6.45) is 13.1. The van der Waals surface area contributed by atoms with Crippen LogP contribution in [0.2, 0.25) is 0 Å². The molecule has 1 aromatic carbocycles. The topological polar surface area (TPSA) is 18.5 Å². The number of hydrogen-bond donors (Lipinski definition) is 0. The van der Waals surface area contributed by atoms with Crippen molar-refractivity contribution in [2.75, 3.05) is 0 Å². The van der Waals surface area contributed by atoms with Gasteiger partial charge < -0.3 is 9.47 Å². The van der Waals surface area contributed by atoms with E-state index in [1.54, 1.807) is 22.7 Å². The molecule has 0 bridgehead atoms. The smallest absolute Gasteiger partial charge is 0.186 e. The Labute approximate surface area is 285 Å². The molecular formula is C38H46O2S4. The van der Waals surface area contributed by atoms with Crippen molar-refractivity contribution >= 4 is 57.2 Å². The summed E-state index contributed by atoms with van der Waals surface area (Å²) in [5, 5.41) is 2.95. The zero-order valence-corrected chi connectivity index (χ0v) is 30.5. The largest absolute Gasteiger partial charge is 0.440 e. The molecule has 2 aromatic heterocycles. The molecule has 0 fully saturated rings. The van der Waals surface area contributed by atoms with Crippen molar-refractivity contribution in [3.05, 3.63) is 67.4 Å². The van der Waals surface area contributed by atoms with E-state index in [4.69, 9.17) is 33.9 Å². The highest BCUT2D eigenvalue weighted by Crippen LogP contribution is 2.39. The molecule has 0 aliphatic heterocycles. The number of hydrogen-bond acceptors (Lipinski definition) is 6. The Balaban J connectivity index is 1.91. The highest BCUT2D eigenvalue weighted by molar-refractivity contribution is 7.80. The van der Waals surface area contributed by atoms with Crippen LogP contribution in [-0.2, 0) is 25.7 Å². The van der Waals surface area contributed by atoms with E-state index in [1.165, 1.54) is 22.3 Å². The summed E-state index contributed by atoms with van der Waals surface area (Å²) in [7, 11) is 0. The van der Waals surface area contributed by atoms with Crippen LogP contribution in [0.1, 0.15) is 136 Å². The fourth-order valence-corrected chi connectivity index (χ4v) is 7.50. The molecule has 6 heteroatoms. The van der Waals surface area contributed by atoms with Crippen molar-refractivity contribution in [2.45, 2.75) is 119 Å². The maximum atomic E-state index is 6.01. The molecule has 2 nitrogen and oxygen atoms in total. The SMILES string of the molecule is CCCCc1c(C#Cc2ccc(C#Cc3sc(OC(C)=S)c(CCCC)c3CCCC)cc2)sc(OC(C)=S)c1CCCC. The minimum Gasteiger partial charge on any atom is -0.440 e. The summed E-state index contributed by atoms with van der Waals surface area (Å²) in [6, 6.07) is 8.26. The van der Waals surface area contributed by atoms with Crippen LogP contribution in [0, 0.1) is 23.7 Å². The number of ether oxygens (including phenoxy) is 2. The minimum atomic E-state index is 0.553. The van der Waals surface area contributed by atoms with Gasteiger partial charge in [0, 0.05) is 36.1 Å². The van der Waals surface area contributed by atoms with E-state index < -0.39 is 0 Å². The number of rotatable bonds is 14. The third-order valence-electron chi connectivity index (χ3n) is 7.28. The Kier molecular flexibility index (Phi) is 15.6.